The maximum atomic E-state index is 11.9. The molecule has 0 fully saturated rings. The van der Waals surface area contributed by atoms with E-state index in [9.17, 15) is 9.59 Å². The quantitative estimate of drug-likeness (QED) is 0.501. The summed E-state index contributed by atoms with van der Waals surface area (Å²) < 4.78 is 0. The van der Waals surface area contributed by atoms with Crippen LogP contribution in [0.4, 0.5) is 5.69 Å². The molecule has 0 aliphatic rings. The number of nitrogens with one attached hydrogen (secondary N) is 2. The van der Waals surface area contributed by atoms with Crippen LogP contribution in [0.1, 0.15) is 24.8 Å². The molecule has 2 amide bonds. The predicted octanol–water partition coefficient (Wildman–Crippen LogP) is 4.91. The third-order valence-corrected chi connectivity index (χ3v) is 4.27. The number of benzene rings is 2. The van der Waals surface area contributed by atoms with Crippen LogP contribution in [-0.2, 0) is 9.59 Å². The molecule has 0 radical (unpaired) electrons. The van der Waals surface area contributed by atoms with E-state index in [-0.39, 0.29) is 24.7 Å². The number of hydrazone groups is 1. The zero-order chi connectivity index (χ0) is 18.9. The molecule has 0 saturated heterocycles. The number of nitrogens with zero attached hydrogens (tertiary/aromatic N) is 1. The Balaban J connectivity index is 1.68. The smallest absolute Gasteiger partial charge is 0.240 e. The molecule has 136 valence electrons. The number of carbonyl (C=O) groups is 2. The van der Waals surface area contributed by atoms with Gasteiger partial charge in [-0.1, -0.05) is 46.9 Å². The summed E-state index contributed by atoms with van der Waals surface area (Å²) in [7, 11) is 0. The molecule has 0 unspecified atom stereocenters. The Morgan fingerprint density at radius 3 is 2.31 bits per heavy atom. The Kier molecular flexibility index (Phi) is 7.91. The number of halogens is 3. The number of hydrogen-bond donors (Lipinski definition) is 2. The van der Waals surface area contributed by atoms with Gasteiger partial charge in [0.05, 0.1) is 16.3 Å². The molecule has 0 spiro atoms. The summed E-state index contributed by atoms with van der Waals surface area (Å²) >= 11 is 17.5. The largest absolute Gasteiger partial charge is 0.326 e. The molecule has 8 heteroatoms. The van der Waals surface area contributed by atoms with Crippen molar-refractivity contribution in [2.75, 3.05) is 5.32 Å². The minimum absolute atomic E-state index is 0.187. The third kappa shape index (κ3) is 7.04. The Morgan fingerprint density at radius 2 is 1.62 bits per heavy atom. The SMILES string of the molecule is O=C(CCCC(=O)Nc1ccc(Cl)c(Cl)c1)N/N=C\c1ccc(Cl)cc1. The third-order valence-electron chi connectivity index (χ3n) is 3.28. The molecule has 2 aromatic carbocycles. The molecule has 0 bridgehead atoms. The van der Waals surface area contributed by atoms with E-state index in [0.29, 0.717) is 27.2 Å². The second-order valence-corrected chi connectivity index (χ2v) is 6.63. The van der Waals surface area contributed by atoms with Crippen molar-refractivity contribution in [3.05, 3.63) is 63.1 Å². The molecule has 0 atom stereocenters. The topological polar surface area (TPSA) is 70.6 Å². The van der Waals surface area contributed by atoms with Gasteiger partial charge in [-0.05, 0) is 42.3 Å². The summed E-state index contributed by atoms with van der Waals surface area (Å²) in [4.78, 5) is 23.6. The van der Waals surface area contributed by atoms with E-state index >= 15 is 0 Å². The van der Waals surface area contributed by atoms with Gasteiger partial charge in [-0.25, -0.2) is 5.43 Å². The van der Waals surface area contributed by atoms with Crippen LogP contribution in [0.2, 0.25) is 15.1 Å². The lowest BCUT2D eigenvalue weighted by atomic mass is 10.2. The molecule has 0 saturated carbocycles. The fourth-order valence-electron chi connectivity index (χ4n) is 1.99. The second-order valence-electron chi connectivity index (χ2n) is 5.38. The van der Waals surface area contributed by atoms with Gasteiger partial charge in [0.2, 0.25) is 11.8 Å². The zero-order valence-corrected chi connectivity index (χ0v) is 15.9. The van der Waals surface area contributed by atoms with E-state index in [1.54, 1.807) is 42.5 Å². The molecular formula is C18H16Cl3N3O2. The summed E-state index contributed by atoms with van der Waals surface area (Å²) in [6.45, 7) is 0. The van der Waals surface area contributed by atoms with Crippen molar-refractivity contribution in [1.82, 2.24) is 5.43 Å². The highest BCUT2D eigenvalue weighted by Gasteiger charge is 2.06. The van der Waals surface area contributed by atoms with Crippen LogP contribution < -0.4 is 10.7 Å². The maximum absolute atomic E-state index is 11.9. The average molecular weight is 413 g/mol. The molecule has 2 N–H and O–H groups in total. The van der Waals surface area contributed by atoms with Gasteiger partial charge >= 0.3 is 0 Å². The Labute approximate surface area is 166 Å². The summed E-state index contributed by atoms with van der Waals surface area (Å²) in [6.07, 6.45) is 2.31. The van der Waals surface area contributed by atoms with Crippen LogP contribution in [0.15, 0.2) is 47.6 Å². The first-order chi connectivity index (χ1) is 12.4. The molecule has 0 aliphatic carbocycles. The van der Waals surface area contributed by atoms with Crippen molar-refractivity contribution < 1.29 is 9.59 Å². The summed E-state index contributed by atoms with van der Waals surface area (Å²) in [5.41, 5.74) is 3.79. The van der Waals surface area contributed by atoms with Crippen molar-refractivity contribution in [1.29, 1.82) is 0 Å². The lowest BCUT2D eigenvalue weighted by Gasteiger charge is -2.06. The Bertz CT molecular complexity index is 808. The first-order valence-electron chi connectivity index (χ1n) is 7.76. The average Bonchev–Trinajstić information content (AvgIpc) is 2.60. The fraction of sp³-hybridized carbons (Fsp3) is 0.167. The highest BCUT2D eigenvalue weighted by atomic mass is 35.5. The normalized spacial score (nSPS) is 10.7. The molecule has 2 rings (SSSR count). The lowest BCUT2D eigenvalue weighted by molar-refractivity contribution is -0.121. The van der Waals surface area contributed by atoms with Gasteiger partial charge in [0.15, 0.2) is 0 Å². The van der Waals surface area contributed by atoms with Crippen LogP contribution in [0.3, 0.4) is 0 Å². The van der Waals surface area contributed by atoms with Gasteiger partial charge < -0.3 is 5.32 Å². The van der Waals surface area contributed by atoms with Crippen molar-refractivity contribution >= 4 is 58.5 Å². The van der Waals surface area contributed by atoms with E-state index in [4.69, 9.17) is 34.8 Å². The second kappa shape index (κ2) is 10.2. The van der Waals surface area contributed by atoms with E-state index in [2.05, 4.69) is 15.8 Å². The van der Waals surface area contributed by atoms with Crippen LogP contribution in [0.25, 0.3) is 0 Å². The van der Waals surface area contributed by atoms with Crippen LogP contribution >= 0.6 is 34.8 Å². The standard InChI is InChI=1S/C18H16Cl3N3O2/c19-13-6-4-12(5-7-13)11-22-24-18(26)3-1-2-17(25)23-14-8-9-15(20)16(21)10-14/h4-11H,1-3H2,(H,23,25)(H,24,26)/b22-11-. The van der Waals surface area contributed by atoms with E-state index in [0.717, 1.165) is 5.56 Å². The predicted molar refractivity (Wildman–Crippen MR) is 106 cm³/mol. The van der Waals surface area contributed by atoms with Crippen molar-refractivity contribution in [3.63, 3.8) is 0 Å². The zero-order valence-electron chi connectivity index (χ0n) is 13.6. The molecular weight excluding hydrogens is 397 g/mol. The van der Waals surface area contributed by atoms with Crippen molar-refractivity contribution in [2.45, 2.75) is 19.3 Å². The lowest BCUT2D eigenvalue weighted by Crippen LogP contribution is -2.18. The highest BCUT2D eigenvalue weighted by molar-refractivity contribution is 6.42. The van der Waals surface area contributed by atoms with Gasteiger partial charge in [-0.3, -0.25) is 9.59 Å². The molecule has 0 aliphatic heterocycles. The summed E-state index contributed by atoms with van der Waals surface area (Å²) in [5.74, 6) is -0.474. The van der Waals surface area contributed by atoms with Crippen LogP contribution in [-0.4, -0.2) is 18.0 Å². The first kappa shape index (κ1) is 20.2. The van der Waals surface area contributed by atoms with Gasteiger partial charge in [0.25, 0.3) is 0 Å². The number of amides is 2. The van der Waals surface area contributed by atoms with Gasteiger partial charge in [0.1, 0.15) is 0 Å². The van der Waals surface area contributed by atoms with E-state index in [1.165, 1.54) is 6.21 Å². The molecule has 26 heavy (non-hydrogen) atoms. The van der Waals surface area contributed by atoms with Gasteiger partial charge in [0, 0.05) is 23.6 Å². The van der Waals surface area contributed by atoms with E-state index < -0.39 is 0 Å². The van der Waals surface area contributed by atoms with Crippen molar-refractivity contribution in [3.8, 4) is 0 Å². The van der Waals surface area contributed by atoms with Crippen LogP contribution in [0.5, 0.6) is 0 Å². The first-order valence-corrected chi connectivity index (χ1v) is 8.90. The molecule has 0 aromatic heterocycles. The number of carbonyl (C=O) groups excluding carboxylic acids is 2. The van der Waals surface area contributed by atoms with Crippen molar-refractivity contribution in [2.24, 2.45) is 5.10 Å². The minimum atomic E-state index is -0.266. The summed E-state index contributed by atoms with van der Waals surface area (Å²) in [6, 6.07) is 11.9. The molecule has 2 aromatic rings. The molecule has 5 nitrogen and oxygen atoms in total. The number of hydrogen-bond acceptors (Lipinski definition) is 3. The Hall–Kier alpha value is -2.08. The maximum Gasteiger partial charge on any atom is 0.240 e. The number of rotatable bonds is 7. The fourth-order valence-corrected chi connectivity index (χ4v) is 2.41. The number of anilines is 1. The monoisotopic (exact) mass is 411 g/mol. The highest BCUT2D eigenvalue weighted by Crippen LogP contribution is 2.25. The minimum Gasteiger partial charge on any atom is -0.326 e. The van der Waals surface area contributed by atoms with Crippen LogP contribution in [0, 0.1) is 0 Å². The Morgan fingerprint density at radius 1 is 0.923 bits per heavy atom. The van der Waals surface area contributed by atoms with E-state index in [1.807, 2.05) is 0 Å². The van der Waals surface area contributed by atoms with Gasteiger partial charge in [-0.15, -0.1) is 0 Å². The molecule has 0 heterocycles. The van der Waals surface area contributed by atoms with Gasteiger partial charge in [-0.2, -0.15) is 5.10 Å². The summed E-state index contributed by atoms with van der Waals surface area (Å²) in [5, 5.41) is 7.97.